The quantitative estimate of drug-likeness (QED) is 0.0971. The number of phenolic OH excluding ortho intramolecular Hbond substituents is 1. The van der Waals surface area contributed by atoms with Crippen molar-refractivity contribution in [2.24, 2.45) is 11.7 Å². The number of ether oxygens (including phenoxy) is 1. The highest BCUT2D eigenvalue weighted by Gasteiger charge is 2.76. The number of benzene rings is 5. The number of anilines is 1. The van der Waals surface area contributed by atoms with E-state index in [-0.39, 0.29) is 18.0 Å². The third-order valence-electron chi connectivity index (χ3n) is 13.5. The van der Waals surface area contributed by atoms with Crippen molar-refractivity contribution in [3.63, 3.8) is 0 Å². The van der Waals surface area contributed by atoms with E-state index < -0.39 is 71.5 Å². The van der Waals surface area contributed by atoms with E-state index in [4.69, 9.17) is 10.5 Å². The number of aromatic hydroxyl groups is 1. The second-order valence-corrected chi connectivity index (χ2v) is 17.4. The first kappa shape index (κ1) is 43.8. The molecule has 13 nitrogen and oxygen atoms in total. The molecule has 5 aromatic carbocycles. The number of nitrogens with two attached hydrogens (primary N) is 1. The number of nitrogens with zero attached hydrogens (tertiary/aromatic N) is 3. The number of imide groups is 1. The van der Waals surface area contributed by atoms with Gasteiger partial charge in [-0.2, -0.15) is 0 Å². The number of amides is 6. The van der Waals surface area contributed by atoms with Gasteiger partial charge in [-0.05, 0) is 77.9 Å². The molecule has 4 aliphatic rings. The number of phenols is 1. The Labute approximate surface area is 383 Å². The third-order valence-corrected chi connectivity index (χ3v) is 13.5. The molecule has 0 bridgehead atoms. The summed E-state index contributed by atoms with van der Waals surface area (Å²) in [5.41, 5.74) is 7.20. The SMILES string of the molecule is CC(NC(=O)N1C(=O)C2(c3cc(C#CCNC(N)=O)ccc31)C(C(=O)N1CCCCCCC1)C1C(=O)OC(c3ccccc3)C(c3ccccc3)N1C2c1ccc(O)cc1)c1ccccc1. The highest BCUT2D eigenvalue weighted by Crippen LogP contribution is 2.66. The minimum absolute atomic E-state index is 0.0217. The van der Waals surface area contributed by atoms with Crippen molar-refractivity contribution < 1.29 is 33.8 Å². The summed E-state index contributed by atoms with van der Waals surface area (Å²) in [7, 11) is 0. The summed E-state index contributed by atoms with van der Waals surface area (Å²) in [4.78, 5) is 79.6. The number of fused-ring (bicyclic) bond motifs is 3. The van der Waals surface area contributed by atoms with Crippen molar-refractivity contribution in [2.45, 2.75) is 74.7 Å². The average molecular weight is 885 g/mol. The normalized spacial score (nSPS) is 24.2. The zero-order valence-electron chi connectivity index (χ0n) is 36.6. The molecule has 0 aromatic heterocycles. The van der Waals surface area contributed by atoms with E-state index in [1.54, 1.807) is 35.2 Å². The lowest BCUT2D eigenvalue weighted by Gasteiger charge is -2.46. The first-order chi connectivity index (χ1) is 32.1. The van der Waals surface area contributed by atoms with Gasteiger partial charge in [0.2, 0.25) is 11.8 Å². The molecule has 3 saturated heterocycles. The molecule has 1 spiro atoms. The molecule has 6 amide bonds. The number of likely N-dealkylation sites (tertiary alicyclic amines) is 1. The first-order valence-electron chi connectivity index (χ1n) is 22.6. The van der Waals surface area contributed by atoms with Crippen LogP contribution in [0.3, 0.4) is 0 Å². The summed E-state index contributed by atoms with van der Waals surface area (Å²) in [5.74, 6) is 2.81. The molecule has 7 atom stereocenters. The summed E-state index contributed by atoms with van der Waals surface area (Å²) < 4.78 is 6.62. The molecule has 7 unspecified atom stereocenters. The van der Waals surface area contributed by atoms with E-state index in [9.17, 15) is 9.90 Å². The van der Waals surface area contributed by atoms with Gasteiger partial charge in [0, 0.05) is 18.7 Å². The molecule has 0 aliphatic carbocycles. The molecule has 0 saturated carbocycles. The molecule has 5 N–H and O–H groups in total. The van der Waals surface area contributed by atoms with Crippen LogP contribution in [0.1, 0.15) is 96.6 Å². The van der Waals surface area contributed by atoms with Crippen LogP contribution < -0.4 is 21.3 Å². The number of carbonyl (C=O) groups is 5. The summed E-state index contributed by atoms with van der Waals surface area (Å²) >= 11 is 0. The molecule has 13 heteroatoms. The van der Waals surface area contributed by atoms with Gasteiger partial charge in [-0.1, -0.05) is 134 Å². The number of hydrogen-bond donors (Lipinski definition) is 4. The monoisotopic (exact) mass is 884 g/mol. The standard InChI is InChI=1S/C53H52N6O7/c1-34(36-18-8-5-9-19-36)56-52(65)58-42-29-24-35(17-16-30-55-51(54)64)33-41(42)53(50(58)63)43(48(61)57-31-14-3-2-4-15-32-57)45-49(62)66-46(38-22-12-7-13-23-38)44(37-20-10-6-11-21-37)59(45)47(53)39-25-27-40(60)28-26-39/h5-13,18-29,33-34,43-47,60H,2-4,14-15,30-32H2,1H3,(H,56,65)(H3,54,55,64). The predicted octanol–water partition coefficient (Wildman–Crippen LogP) is 7.34. The van der Waals surface area contributed by atoms with Crippen molar-refractivity contribution in [1.82, 2.24) is 20.4 Å². The average Bonchev–Trinajstić information content (AvgIpc) is 3.77. The Balaban J connectivity index is 1.33. The van der Waals surface area contributed by atoms with Gasteiger partial charge in [0.25, 0.3) is 0 Å². The number of carbonyl (C=O) groups excluding carboxylic acids is 5. The topological polar surface area (TPSA) is 175 Å². The number of nitrogens with one attached hydrogen (secondary N) is 2. The molecule has 0 radical (unpaired) electrons. The van der Waals surface area contributed by atoms with E-state index in [0.717, 1.165) is 48.1 Å². The lowest BCUT2D eigenvalue weighted by molar-refractivity contribution is -0.179. The number of urea groups is 2. The molecule has 66 heavy (non-hydrogen) atoms. The first-order valence-corrected chi connectivity index (χ1v) is 22.6. The van der Waals surface area contributed by atoms with Crippen molar-refractivity contribution in [3.8, 4) is 17.6 Å². The zero-order valence-corrected chi connectivity index (χ0v) is 36.6. The smallest absolute Gasteiger partial charge is 0.329 e. The number of primary amides is 1. The molecule has 336 valence electrons. The van der Waals surface area contributed by atoms with Crippen LogP contribution in [0, 0.1) is 17.8 Å². The molecule has 4 heterocycles. The molecular weight excluding hydrogens is 833 g/mol. The Morgan fingerprint density at radius 2 is 1.41 bits per heavy atom. The van der Waals surface area contributed by atoms with Gasteiger partial charge in [-0.25, -0.2) is 14.5 Å². The van der Waals surface area contributed by atoms with Gasteiger partial charge < -0.3 is 31.1 Å². The van der Waals surface area contributed by atoms with Gasteiger partial charge in [-0.3, -0.25) is 19.3 Å². The fourth-order valence-electron chi connectivity index (χ4n) is 10.6. The molecular formula is C53H52N6O7. The van der Waals surface area contributed by atoms with Crippen LogP contribution in [0.4, 0.5) is 15.3 Å². The number of rotatable bonds is 7. The van der Waals surface area contributed by atoms with E-state index in [0.29, 0.717) is 35.3 Å². The van der Waals surface area contributed by atoms with E-state index >= 15 is 19.2 Å². The fourth-order valence-corrected chi connectivity index (χ4v) is 10.6. The Morgan fingerprint density at radius 3 is 2.06 bits per heavy atom. The Hall–Kier alpha value is -7.43. The Kier molecular flexibility index (Phi) is 12.3. The maximum absolute atomic E-state index is 16.6. The minimum atomic E-state index is -1.97. The van der Waals surface area contributed by atoms with E-state index in [1.165, 1.54) is 12.1 Å². The molecule has 3 fully saturated rings. The van der Waals surface area contributed by atoms with Crippen molar-refractivity contribution >= 4 is 35.5 Å². The van der Waals surface area contributed by atoms with Crippen LogP contribution >= 0.6 is 0 Å². The third kappa shape index (κ3) is 7.91. The minimum Gasteiger partial charge on any atom is -0.508 e. The maximum Gasteiger partial charge on any atom is 0.329 e. The van der Waals surface area contributed by atoms with Crippen LogP contribution in [-0.4, -0.2) is 70.4 Å². The number of esters is 1. The summed E-state index contributed by atoms with van der Waals surface area (Å²) in [5, 5.41) is 16.3. The van der Waals surface area contributed by atoms with Gasteiger partial charge >= 0.3 is 18.0 Å². The maximum atomic E-state index is 16.6. The molecule has 9 rings (SSSR count). The van der Waals surface area contributed by atoms with Gasteiger partial charge in [0.1, 0.15) is 23.3 Å². The van der Waals surface area contributed by atoms with Crippen molar-refractivity contribution in [3.05, 3.63) is 167 Å². The predicted molar refractivity (Wildman–Crippen MR) is 248 cm³/mol. The summed E-state index contributed by atoms with van der Waals surface area (Å²) in [6.07, 6.45) is 3.47. The highest BCUT2D eigenvalue weighted by molar-refractivity contribution is 6.24. The second kappa shape index (κ2) is 18.6. The van der Waals surface area contributed by atoms with Crippen LogP contribution in [0.25, 0.3) is 0 Å². The van der Waals surface area contributed by atoms with Crippen LogP contribution in [0.5, 0.6) is 5.75 Å². The number of hydrogen-bond acceptors (Lipinski definition) is 8. The lowest BCUT2D eigenvalue weighted by Crippen LogP contribution is -2.57. The Morgan fingerprint density at radius 1 is 0.788 bits per heavy atom. The second-order valence-electron chi connectivity index (χ2n) is 17.4. The summed E-state index contributed by atoms with van der Waals surface area (Å²) in [6, 6.07) is 34.8. The van der Waals surface area contributed by atoms with Gasteiger partial charge in [0.05, 0.1) is 36.3 Å². The molecule has 5 aromatic rings. The Bertz CT molecular complexity index is 2680. The zero-order chi connectivity index (χ0) is 46.0. The van der Waals surface area contributed by atoms with Crippen LogP contribution in [0.2, 0.25) is 0 Å². The highest BCUT2D eigenvalue weighted by atomic mass is 16.6. The number of morpholine rings is 1. The fraction of sp³-hybridized carbons (Fsp3) is 0.302. The number of cyclic esters (lactones) is 1. The van der Waals surface area contributed by atoms with Gasteiger partial charge in [-0.15, -0.1) is 0 Å². The van der Waals surface area contributed by atoms with E-state index in [2.05, 4.69) is 22.5 Å². The van der Waals surface area contributed by atoms with Gasteiger partial charge in [0.15, 0.2) is 0 Å². The lowest BCUT2D eigenvalue weighted by atomic mass is 9.64. The van der Waals surface area contributed by atoms with Crippen LogP contribution in [0.15, 0.2) is 133 Å². The molecule has 4 aliphatic heterocycles. The van der Waals surface area contributed by atoms with E-state index in [1.807, 2.05) is 103 Å². The van der Waals surface area contributed by atoms with Crippen molar-refractivity contribution in [1.29, 1.82) is 0 Å². The van der Waals surface area contributed by atoms with Crippen LogP contribution in [-0.2, 0) is 24.5 Å². The summed E-state index contributed by atoms with van der Waals surface area (Å²) in [6.45, 7) is 2.61. The largest absolute Gasteiger partial charge is 0.508 e. The van der Waals surface area contributed by atoms with Crippen molar-refractivity contribution in [2.75, 3.05) is 24.5 Å².